The molecular formula is C20H27NO. The van der Waals surface area contributed by atoms with E-state index < -0.39 is 0 Å². The second kappa shape index (κ2) is 5.11. The van der Waals surface area contributed by atoms with Crippen LogP contribution in [0.1, 0.15) is 61.4 Å². The maximum absolute atomic E-state index is 12.6. The Hall–Kier alpha value is -1.31. The highest BCUT2D eigenvalue weighted by atomic mass is 16.1. The summed E-state index contributed by atoms with van der Waals surface area (Å²) in [5.41, 5.74) is 2.33. The average Bonchev–Trinajstić information content (AvgIpc) is 2.45. The summed E-state index contributed by atoms with van der Waals surface area (Å²) >= 11 is 0. The minimum atomic E-state index is 0.104. The summed E-state index contributed by atoms with van der Waals surface area (Å²) in [4.78, 5) is 12.6. The molecule has 0 spiro atoms. The van der Waals surface area contributed by atoms with E-state index in [1.54, 1.807) is 0 Å². The van der Waals surface area contributed by atoms with Gasteiger partial charge in [0.2, 0.25) is 0 Å². The van der Waals surface area contributed by atoms with Crippen molar-refractivity contribution in [2.75, 3.05) is 0 Å². The summed E-state index contributed by atoms with van der Waals surface area (Å²) in [5, 5.41) is 3.34. The fourth-order valence-electron chi connectivity index (χ4n) is 5.93. The van der Waals surface area contributed by atoms with Crippen molar-refractivity contribution in [3.05, 3.63) is 35.4 Å². The summed E-state index contributed by atoms with van der Waals surface area (Å²) in [5.74, 6) is 2.91. The normalized spacial score (nSPS) is 37.1. The third-order valence-electron chi connectivity index (χ3n) is 6.63. The first-order valence-electron chi connectivity index (χ1n) is 8.92. The number of hydrogen-bond acceptors (Lipinski definition) is 1. The number of hydrogen-bond donors (Lipinski definition) is 1. The van der Waals surface area contributed by atoms with E-state index in [2.05, 4.69) is 12.2 Å². The Balaban J connectivity index is 1.50. The molecule has 0 saturated heterocycles. The van der Waals surface area contributed by atoms with Crippen LogP contribution in [0.3, 0.4) is 0 Å². The van der Waals surface area contributed by atoms with Crippen molar-refractivity contribution in [2.45, 2.75) is 58.4 Å². The molecule has 4 bridgehead atoms. The van der Waals surface area contributed by atoms with Crippen molar-refractivity contribution in [2.24, 2.45) is 23.2 Å². The Morgan fingerprint density at radius 2 is 1.73 bits per heavy atom. The van der Waals surface area contributed by atoms with Crippen LogP contribution in [0.15, 0.2) is 24.3 Å². The lowest BCUT2D eigenvalue weighted by atomic mass is 9.48. The van der Waals surface area contributed by atoms with E-state index >= 15 is 0 Å². The molecule has 22 heavy (non-hydrogen) atoms. The van der Waals surface area contributed by atoms with Crippen LogP contribution in [0.4, 0.5) is 0 Å². The molecule has 4 aliphatic rings. The predicted molar refractivity (Wildman–Crippen MR) is 88.7 cm³/mol. The van der Waals surface area contributed by atoms with Crippen LogP contribution in [0.2, 0.25) is 0 Å². The van der Waals surface area contributed by atoms with Crippen LogP contribution < -0.4 is 5.32 Å². The van der Waals surface area contributed by atoms with E-state index in [1.165, 1.54) is 38.5 Å². The topological polar surface area (TPSA) is 29.1 Å². The molecule has 0 unspecified atom stereocenters. The van der Waals surface area contributed by atoms with E-state index in [4.69, 9.17) is 0 Å². The molecule has 4 aliphatic carbocycles. The lowest BCUT2D eigenvalue weighted by Gasteiger charge is -2.59. The second-order valence-corrected chi connectivity index (χ2v) is 8.34. The van der Waals surface area contributed by atoms with Gasteiger partial charge in [-0.1, -0.05) is 17.7 Å². The summed E-state index contributed by atoms with van der Waals surface area (Å²) in [6.07, 6.45) is 8.39. The molecule has 4 fully saturated rings. The highest BCUT2D eigenvalue weighted by molar-refractivity contribution is 5.94. The monoisotopic (exact) mass is 297 g/mol. The van der Waals surface area contributed by atoms with Crippen molar-refractivity contribution >= 4 is 5.91 Å². The van der Waals surface area contributed by atoms with Gasteiger partial charge in [0.25, 0.3) is 5.91 Å². The van der Waals surface area contributed by atoms with Gasteiger partial charge >= 0.3 is 0 Å². The fraction of sp³-hybridized carbons (Fsp3) is 0.650. The molecule has 2 nitrogen and oxygen atoms in total. The van der Waals surface area contributed by atoms with Crippen LogP contribution in [-0.4, -0.2) is 11.9 Å². The van der Waals surface area contributed by atoms with Crippen LogP contribution in [0.5, 0.6) is 0 Å². The van der Waals surface area contributed by atoms with Crippen LogP contribution in [0.25, 0.3) is 0 Å². The number of benzene rings is 1. The van der Waals surface area contributed by atoms with Gasteiger partial charge in [-0.05, 0) is 87.7 Å². The molecule has 1 atom stereocenters. The molecule has 0 aromatic heterocycles. The lowest BCUT2D eigenvalue weighted by Crippen LogP contribution is -2.55. The summed E-state index contributed by atoms with van der Waals surface area (Å²) < 4.78 is 0. The largest absolute Gasteiger partial charge is 0.349 e. The quantitative estimate of drug-likeness (QED) is 0.884. The molecule has 1 amide bonds. The smallest absolute Gasteiger partial charge is 0.251 e. The second-order valence-electron chi connectivity index (χ2n) is 8.34. The van der Waals surface area contributed by atoms with Gasteiger partial charge in [-0.15, -0.1) is 0 Å². The van der Waals surface area contributed by atoms with E-state index in [-0.39, 0.29) is 5.91 Å². The summed E-state index contributed by atoms with van der Waals surface area (Å²) in [7, 11) is 0. The summed E-state index contributed by atoms with van der Waals surface area (Å²) in [6, 6.07) is 8.23. The predicted octanol–water partition coefficient (Wildman–Crippen LogP) is 4.33. The Morgan fingerprint density at radius 1 is 1.14 bits per heavy atom. The third-order valence-corrected chi connectivity index (χ3v) is 6.63. The zero-order valence-corrected chi connectivity index (χ0v) is 13.8. The molecule has 1 aromatic carbocycles. The SMILES string of the molecule is Cc1cccc(C(=O)N[C@@H](C)C23CC4CC(CC(C4)C2)C3)c1. The molecule has 1 aromatic rings. The van der Waals surface area contributed by atoms with Crippen molar-refractivity contribution in [3.8, 4) is 0 Å². The van der Waals surface area contributed by atoms with Gasteiger partial charge in [0.05, 0.1) is 0 Å². The van der Waals surface area contributed by atoms with Crippen molar-refractivity contribution < 1.29 is 4.79 Å². The van der Waals surface area contributed by atoms with Crippen LogP contribution in [0, 0.1) is 30.1 Å². The molecule has 5 rings (SSSR count). The van der Waals surface area contributed by atoms with E-state index in [0.29, 0.717) is 11.5 Å². The maximum atomic E-state index is 12.6. The number of aryl methyl sites for hydroxylation is 1. The molecule has 0 aliphatic heterocycles. The number of carbonyl (C=O) groups is 1. The van der Waals surface area contributed by atoms with Gasteiger partial charge in [0.15, 0.2) is 0 Å². The standard InChI is InChI=1S/C20H27NO/c1-13-4-3-5-18(6-13)19(22)21-14(2)20-10-15-7-16(11-20)9-17(8-15)12-20/h3-6,14-17H,7-12H2,1-2H3,(H,21,22)/t14-,15?,16?,17?,20?/m0/s1. The van der Waals surface area contributed by atoms with Gasteiger partial charge < -0.3 is 5.32 Å². The van der Waals surface area contributed by atoms with E-state index in [9.17, 15) is 4.79 Å². The highest BCUT2D eigenvalue weighted by Gasteiger charge is 2.53. The van der Waals surface area contributed by atoms with E-state index in [1.807, 2.05) is 31.2 Å². The van der Waals surface area contributed by atoms with Crippen LogP contribution in [-0.2, 0) is 0 Å². The van der Waals surface area contributed by atoms with Gasteiger partial charge in [0, 0.05) is 11.6 Å². The molecule has 4 saturated carbocycles. The molecule has 2 heteroatoms. The van der Waals surface area contributed by atoms with Gasteiger partial charge in [-0.2, -0.15) is 0 Å². The average molecular weight is 297 g/mol. The van der Waals surface area contributed by atoms with Crippen molar-refractivity contribution in [3.63, 3.8) is 0 Å². The Morgan fingerprint density at radius 3 is 2.27 bits per heavy atom. The molecule has 0 heterocycles. The number of rotatable bonds is 3. The molecule has 118 valence electrons. The van der Waals surface area contributed by atoms with Gasteiger partial charge in [-0.25, -0.2) is 0 Å². The lowest BCUT2D eigenvalue weighted by molar-refractivity contribution is -0.0688. The van der Waals surface area contributed by atoms with Gasteiger partial charge in [-0.3, -0.25) is 4.79 Å². The van der Waals surface area contributed by atoms with E-state index in [0.717, 1.165) is 28.9 Å². The Bertz CT molecular complexity index is 556. The van der Waals surface area contributed by atoms with Crippen LogP contribution >= 0.6 is 0 Å². The first-order valence-corrected chi connectivity index (χ1v) is 8.92. The zero-order valence-electron chi connectivity index (χ0n) is 13.8. The Labute approximate surface area is 133 Å². The number of nitrogens with one attached hydrogen (secondary N) is 1. The number of amides is 1. The molecular weight excluding hydrogens is 270 g/mol. The minimum absolute atomic E-state index is 0.104. The Kier molecular flexibility index (Phi) is 3.32. The zero-order chi connectivity index (χ0) is 15.3. The molecule has 0 radical (unpaired) electrons. The molecule has 1 N–H and O–H groups in total. The van der Waals surface area contributed by atoms with Crippen molar-refractivity contribution in [1.82, 2.24) is 5.32 Å². The minimum Gasteiger partial charge on any atom is -0.349 e. The third kappa shape index (κ3) is 2.37. The first kappa shape index (κ1) is 14.3. The highest BCUT2D eigenvalue weighted by Crippen LogP contribution is 2.61. The van der Waals surface area contributed by atoms with Gasteiger partial charge in [0.1, 0.15) is 0 Å². The summed E-state index contributed by atoms with van der Waals surface area (Å²) in [6.45, 7) is 4.29. The number of carbonyl (C=O) groups excluding carboxylic acids is 1. The first-order chi connectivity index (χ1) is 10.5. The van der Waals surface area contributed by atoms with Crippen molar-refractivity contribution in [1.29, 1.82) is 0 Å². The maximum Gasteiger partial charge on any atom is 0.251 e. The fourth-order valence-corrected chi connectivity index (χ4v) is 5.93.